The minimum atomic E-state index is -5.05. The molecular weight excluding hydrogens is 372 g/mol. The molecule has 0 aliphatic heterocycles. The van der Waals surface area contributed by atoms with Gasteiger partial charge in [-0.2, -0.15) is 13.2 Å². The topological polar surface area (TPSA) is 58.2 Å². The van der Waals surface area contributed by atoms with E-state index >= 15 is 0 Å². The molecule has 26 heavy (non-hydrogen) atoms. The number of nitrogens with one attached hydrogen (secondary N) is 2. The van der Waals surface area contributed by atoms with Gasteiger partial charge in [-0.15, -0.1) is 11.3 Å². The van der Waals surface area contributed by atoms with Crippen molar-refractivity contribution in [3.63, 3.8) is 0 Å². The van der Waals surface area contributed by atoms with Crippen molar-refractivity contribution in [3.8, 4) is 0 Å². The highest BCUT2D eigenvalue weighted by atomic mass is 32.1. The first-order chi connectivity index (χ1) is 12.3. The monoisotopic (exact) mass is 386 g/mol. The van der Waals surface area contributed by atoms with Crippen LogP contribution in [0.25, 0.3) is 0 Å². The van der Waals surface area contributed by atoms with E-state index in [1.54, 1.807) is 0 Å². The maximum absolute atomic E-state index is 13.0. The zero-order chi connectivity index (χ0) is 18.9. The number of hydrogen-bond acceptors (Lipinski definition) is 3. The van der Waals surface area contributed by atoms with Crippen LogP contribution in [0.4, 0.5) is 28.3 Å². The second-order valence-corrected chi connectivity index (χ2v) is 6.93. The summed E-state index contributed by atoms with van der Waals surface area (Å²) < 4.78 is 50.8. The number of amides is 2. The fraction of sp³-hybridized carbons (Fsp3) is 0.294. The molecule has 2 aromatic rings. The molecule has 0 unspecified atom stereocenters. The Morgan fingerprint density at radius 1 is 1.00 bits per heavy atom. The molecule has 2 amide bonds. The molecule has 1 aromatic heterocycles. The summed E-state index contributed by atoms with van der Waals surface area (Å²) >= 11 is 0.995. The number of fused-ring (bicyclic) bond motifs is 1. The van der Waals surface area contributed by atoms with Crippen LogP contribution < -0.4 is 10.6 Å². The summed E-state index contributed by atoms with van der Waals surface area (Å²) in [6.45, 7) is 0. The van der Waals surface area contributed by atoms with Crippen LogP contribution in [0.1, 0.15) is 33.6 Å². The molecule has 1 aliphatic carbocycles. The van der Waals surface area contributed by atoms with Gasteiger partial charge in [0.2, 0.25) is 0 Å². The minimum Gasteiger partial charge on any atom is -0.322 e. The van der Waals surface area contributed by atoms with Crippen molar-refractivity contribution in [2.24, 2.45) is 0 Å². The van der Waals surface area contributed by atoms with Crippen LogP contribution in [0.2, 0.25) is 0 Å². The van der Waals surface area contributed by atoms with Crippen molar-refractivity contribution in [2.45, 2.75) is 31.9 Å². The zero-order valence-electron chi connectivity index (χ0n) is 13.4. The number of benzene rings is 1. The second-order valence-electron chi connectivity index (χ2n) is 5.83. The summed E-state index contributed by atoms with van der Waals surface area (Å²) in [5, 5.41) is 4.25. The molecule has 9 heteroatoms. The predicted octanol–water partition coefficient (Wildman–Crippen LogP) is 4.52. The Hall–Kier alpha value is -2.42. The number of alkyl halides is 3. The van der Waals surface area contributed by atoms with Gasteiger partial charge in [-0.3, -0.25) is 9.59 Å². The molecule has 3 rings (SSSR count). The Morgan fingerprint density at radius 3 is 2.31 bits per heavy atom. The third-order valence-corrected chi connectivity index (χ3v) is 5.19. The van der Waals surface area contributed by atoms with Crippen LogP contribution >= 0.6 is 11.3 Å². The normalized spacial score (nSPS) is 13.8. The summed E-state index contributed by atoms with van der Waals surface area (Å²) in [4.78, 5) is 24.8. The molecule has 1 aromatic carbocycles. The number of thiophene rings is 1. The van der Waals surface area contributed by atoms with Gasteiger partial charge in [0.25, 0.3) is 5.91 Å². The van der Waals surface area contributed by atoms with Crippen molar-refractivity contribution in [1.82, 2.24) is 0 Å². The molecule has 1 aliphatic rings. The minimum absolute atomic E-state index is 0.0478. The summed E-state index contributed by atoms with van der Waals surface area (Å²) in [5.74, 6) is -3.23. The van der Waals surface area contributed by atoms with Crippen molar-refractivity contribution < 1.29 is 27.2 Å². The van der Waals surface area contributed by atoms with E-state index in [0.717, 1.165) is 41.2 Å². The fourth-order valence-electron chi connectivity index (χ4n) is 2.79. The molecule has 138 valence electrons. The van der Waals surface area contributed by atoms with Gasteiger partial charge in [-0.25, -0.2) is 4.39 Å². The van der Waals surface area contributed by atoms with Crippen molar-refractivity contribution in [1.29, 1.82) is 0 Å². The smallest absolute Gasteiger partial charge is 0.322 e. The van der Waals surface area contributed by atoms with E-state index in [1.807, 2.05) is 5.32 Å². The molecular formula is C17H14F4N2O2S. The standard InChI is InChI=1S/C17H14F4N2O2S/c18-9-5-7-10(8-6-9)22-14(24)13-11-3-1-2-4-12(11)26-15(13)23-16(25)17(19,20)21/h5-8H,1-4H2,(H,22,24)(H,23,25). The summed E-state index contributed by atoms with van der Waals surface area (Å²) in [5.41, 5.74) is 1.02. The Bertz CT molecular complexity index is 844. The van der Waals surface area contributed by atoms with Gasteiger partial charge < -0.3 is 10.6 Å². The quantitative estimate of drug-likeness (QED) is 0.762. The van der Waals surface area contributed by atoms with E-state index in [9.17, 15) is 27.2 Å². The van der Waals surface area contributed by atoms with E-state index in [4.69, 9.17) is 0 Å². The molecule has 0 saturated heterocycles. The largest absolute Gasteiger partial charge is 0.471 e. The van der Waals surface area contributed by atoms with Crippen LogP contribution in [0.15, 0.2) is 24.3 Å². The van der Waals surface area contributed by atoms with Gasteiger partial charge in [-0.05, 0) is 55.5 Å². The molecule has 0 bridgehead atoms. The lowest BCUT2D eigenvalue weighted by Crippen LogP contribution is -2.30. The first kappa shape index (κ1) is 18.4. The first-order valence-electron chi connectivity index (χ1n) is 7.85. The maximum Gasteiger partial charge on any atom is 0.471 e. The van der Waals surface area contributed by atoms with Crippen molar-refractivity contribution in [2.75, 3.05) is 10.6 Å². The zero-order valence-corrected chi connectivity index (χ0v) is 14.2. The number of rotatable bonds is 3. The van der Waals surface area contributed by atoms with Crippen LogP contribution in [0.3, 0.4) is 0 Å². The number of hydrogen-bond donors (Lipinski definition) is 2. The summed E-state index contributed by atoms with van der Waals surface area (Å²) in [6.07, 6.45) is -2.15. The Morgan fingerprint density at radius 2 is 1.65 bits per heavy atom. The Kier molecular flexibility index (Phi) is 4.99. The molecule has 1 heterocycles. The second kappa shape index (κ2) is 7.06. The summed E-state index contributed by atoms with van der Waals surface area (Å²) in [6, 6.07) is 5.01. The molecule has 0 fully saturated rings. The van der Waals surface area contributed by atoms with Crippen LogP contribution in [-0.2, 0) is 17.6 Å². The molecule has 4 nitrogen and oxygen atoms in total. The van der Waals surface area contributed by atoms with E-state index in [1.165, 1.54) is 12.1 Å². The van der Waals surface area contributed by atoms with Gasteiger partial charge in [0.15, 0.2) is 0 Å². The number of carbonyl (C=O) groups excluding carboxylic acids is 2. The van der Waals surface area contributed by atoms with Gasteiger partial charge in [0.05, 0.1) is 5.56 Å². The molecule has 0 radical (unpaired) electrons. The molecule has 0 atom stereocenters. The lowest BCUT2D eigenvalue weighted by Gasteiger charge is -2.13. The molecule has 0 spiro atoms. The Balaban J connectivity index is 1.93. The highest BCUT2D eigenvalue weighted by molar-refractivity contribution is 7.17. The predicted molar refractivity (Wildman–Crippen MR) is 90.0 cm³/mol. The molecule has 2 N–H and O–H groups in total. The maximum atomic E-state index is 13.0. The SMILES string of the molecule is O=C(Nc1ccc(F)cc1)c1c(NC(=O)C(F)(F)F)sc2c1CCCC2. The third-order valence-electron chi connectivity index (χ3n) is 3.98. The van der Waals surface area contributed by atoms with Crippen LogP contribution in [-0.4, -0.2) is 18.0 Å². The lowest BCUT2D eigenvalue weighted by molar-refractivity contribution is -0.167. The van der Waals surface area contributed by atoms with Gasteiger partial charge in [0, 0.05) is 10.6 Å². The summed E-state index contributed by atoms with van der Waals surface area (Å²) in [7, 11) is 0. The highest BCUT2D eigenvalue weighted by Gasteiger charge is 2.40. The van der Waals surface area contributed by atoms with Crippen LogP contribution in [0, 0.1) is 5.82 Å². The van der Waals surface area contributed by atoms with Gasteiger partial charge in [0.1, 0.15) is 10.8 Å². The average molecular weight is 386 g/mol. The molecule has 0 saturated carbocycles. The lowest BCUT2D eigenvalue weighted by atomic mass is 9.95. The highest BCUT2D eigenvalue weighted by Crippen LogP contribution is 2.39. The fourth-order valence-corrected chi connectivity index (χ4v) is 4.08. The van der Waals surface area contributed by atoms with Crippen LogP contribution in [0.5, 0.6) is 0 Å². The number of carbonyl (C=O) groups is 2. The van der Waals surface area contributed by atoms with E-state index in [2.05, 4.69) is 5.32 Å². The van der Waals surface area contributed by atoms with Gasteiger partial charge in [-0.1, -0.05) is 0 Å². The number of anilines is 2. The number of halogens is 4. The Labute approximate surface area is 150 Å². The van der Waals surface area contributed by atoms with Crippen molar-refractivity contribution >= 4 is 33.8 Å². The third kappa shape index (κ3) is 3.87. The van der Waals surface area contributed by atoms with Gasteiger partial charge >= 0.3 is 12.1 Å². The van der Waals surface area contributed by atoms with Crippen molar-refractivity contribution in [3.05, 3.63) is 46.1 Å². The van der Waals surface area contributed by atoms with E-state index in [0.29, 0.717) is 24.1 Å². The number of aryl methyl sites for hydroxylation is 1. The van der Waals surface area contributed by atoms with E-state index in [-0.39, 0.29) is 10.6 Å². The van der Waals surface area contributed by atoms with E-state index < -0.39 is 23.8 Å². The average Bonchev–Trinajstić information content (AvgIpc) is 2.94. The first-order valence-corrected chi connectivity index (χ1v) is 8.67.